The summed E-state index contributed by atoms with van der Waals surface area (Å²) >= 11 is 0. The van der Waals surface area contributed by atoms with Crippen molar-refractivity contribution in [1.82, 2.24) is 5.32 Å². The Morgan fingerprint density at radius 1 is 1.62 bits per heavy atom. The van der Waals surface area contributed by atoms with Crippen LogP contribution in [0.25, 0.3) is 0 Å². The lowest BCUT2D eigenvalue weighted by Gasteiger charge is -2.10. The number of alkyl halides is 2. The summed E-state index contributed by atoms with van der Waals surface area (Å²) in [6.45, 7) is -0.198. The summed E-state index contributed by atoms with van der Waals surface area (Å²) in [4.78, 5) is 10.8. The third kappa shape index (κ3) is 6.41. The van der Waals surface area contributed by atoms with Crippen molar-refractivity contribution >= 4 is 5.91 Å². The van der Waals surface area contributed by atoms with E-state index in [-0.39, 0.29) is 13.0 Å². The summed E-state index contributed by atoms with van der Waals surface area (Å²) in [5, 5.41) is 10.8. The van der Waals surface area contributed by atoms with Gasteiger partial charge in [0.1, 0.15) is 6.10 Å². The minimum atomic E-state index is -2.83. The Hall–Kier alpha value is -0.750. The summed E-state index contributed by atoms with van der Waals surface area (Å²) < 4.78 is 28.0. The van der Waals surface area contributed by atoms with Gasteiger partial charge in [-0.1, -0.05) is 0 Å². The van der Waals surface area contributed by atoms with Gasteiger partial charge in [0.2, 0.25) is 5.91 Å². The van der Waals surface area contributed by atoms with E-state index in [9.17, 15) is 13.6 Å². The van der Waals surface area contributed by atoms with Crippen molar-refractivity contribution in [2.75, 3.05) is 20.3 Å². The number of aliphatic hydroxyl groups excluding tert-OH is 1. The first kappa shape index (κ1) is 12.2. The molecule has 4 nitrogen and oxygen atoms in total. The number of hydrogen-bond donors (Lipinski definition) is 2. The average molecular weight is 197 g/mol. The van der Waals surface area contributed by atoms with Gasteiger partial charge in [-0.15, -0.1) is 0 Å². The van der Waals surface area contributed by atoms with Gasteiger partial charge in [0, 0.05) is 20.1 Å². The Morgan fingerprint density at radius 3 is 2.69 bits per heavy atom. The molecule has 78 valence electrons. The van der Waals surface area contributed by atoms with E-state index in [1.807, 2.05) is 0 Å². The molecule has 0 aromatic rings. The SMILES string of the molecule is COCCC(=O)NCC(O)C(F)F. The average Bonchev–Trinajstić information content (AvgIpc) is 2.10. The molecule has 0 heterocycles. The molecule has 1 unspecified atom stereocenters. The second-order valence-electron chi connectivity index (χ2n) is 2.45. The number of rotatable bonds is 6. The molecule has 13 heavy (non-hydrogen) atoms. The first-order valence-electron chi connectivity index (χ1n) is 3.79. The number of aliphatic hydroxyl groups is 1. The number of carbonyl (C=O) groups excluding carboxylic acids is 1. The molecule has 0 aliphatic heterocycles. The Labute approximate surface area is 74.9 Å². The summed E-state index contributed by atoms with van der Waals surface area (Å²) in [5.41, 5.74) is 0. The lowest BCUT2D eigenvalue weighted by molar-refractivity contribution is -0.123. The topological polar surface area (TPSA) is 58.6 Å². The number of hydrogen-bond acceptors (Lipinski definition) is 3. The highest BCUT2D eigenvalue weighted by atomic mass is 19.3. The second-order valence-corrected chi connectivity index (χ2v) is 2.45. The maximum absolute atomic E-state index is 11.7. The predicted octanol–water partition coefficient (Wildman–Crippen LogP) is -0.235. The number of methoxy groups -OCH3 is 1. The van der Waals surface area contributed by atoms with Crippen molar-refractivity contribution in [3.05, 3.63) is 0 Å². The van der Waals surface area contributed by atoms with E-state index in [0.717, 1.165) is 0 Å². The molecule has 1 amide bonds. The van der Waals surface area contributed by atoms with E-state index in [2.05, 4.69) is 10.1 Å². The fourth-order valence-corrected chi connectivity index (χ4v) is 0.591. The van der Waals surface area contributed by atoms with E-state index in [1.54, 1.807) is 0 Å². The lowest BCUT2D eigenvalue weighted by atomic mass is 10.3. The van der Waals surface area contributed by atoms with Gasteiger partial charge in [0.05, 0.1) is 6.61 Å². The van der Waals surface area contributed by atoms with Crippen LogP contribution in [0.4, 0.5) is 8.78 Å². The number of nitrogens with one attached hydrogen (secondary N) is 1. The third-order valence-electron chi connectivity index (χ3n) is 1.33. The first-order chi connectivity index (χ1) is 6.07. The van der Waals surface area contributed by atoms with Crippen LogP contribution in [0.3, 0.4) is 0 Å². The Balaban J connectivity index is 3.46. The van der Waals surface area contributed by atoms with E-state index >= 15 is 0 Å². The molecule has 0 aliphatic carbocycles. The molecule has 0 fully saturated rings. The quantitative estimate of drug-likeness (QED) is 0.618. The van der Waals surface area contributed by atoms with Gasteiger partial charge in [-0.2, -0.15) is 0 Å². The number of halogens is 2. The normalized spacial score (nSPS) is 13.0. The van der Waals surface area contributed by atoms with Crippen molar-refractivity contribution < 1.29 is 23.4 Å². The molecule has 0 spiro atoms. The van der Waals surface area contributed by atoms with Crippen LogP contribution in [0.2, 0.25) is 0 Å². The molecule has 1 atom stereocenters. The Bertz CT molecular complexity index is 155. The van der Waals surface area contributed by atoms with Crippen LogP contribution in [-0.4, -0.2) is 43.8 Å². The molecule has 0 aliphatic rings. The molecule has 6 heteroatoms. The number of amides is 1. The summed E-state index contributed by atoms with van der Waals surface area (Å²) in [6.07, 6.45) is -4.53. The summed E-state index contributed by atoms with van der Waals surface area (Å²) in [5.74, 6) is -0.415. The van der Waals surface area contributed by atoms with Crippen molar-refractivity contribution in [3.63, 3.8) is 0 Å². The molecule has 2 N–H and O–H groups in total. The van der Waals surface area contributed by atoms with Crippen molar-refractivity contribution in [2.24, 2.45) is 0 Å². The van der Waals surface area contributed by atoms with Gasteiger partial charge in [-0.05, 0) is 0 Å². The van der Waals surface area contributed by atoms with Crippen LogP contribution in [-0.2, 0) is 9.53 Å². The van der Waals surface area contributed by atoms with Crippen LogP contribution < -0.4 is 5.32 Å². The van der Waals surface area contributed by atoms with E-state index in [1.165, 1.54) is 7.11 Å². The van der Waals surface area contributed by atoms with Gasteiger partial charge in [0.15, 0.2) is 0 Å². The number of carbonyl (C=O) groups is 1. The summed E-state index contributed by atoms with van der Waals surface area (Å²) in [6, 6.07) is 0. The Morgan fingerprint density at radius 2 is 2.23 bits per heavy atom. The first-order valence-corrected chi connectivity index (χ1v) is 3.79. The maximum Gasteiger partial charge on any atom is 0.265 e. The lowest BCUT2D eigenvalue weighted by Crippen LogP contribution is -2.36. The van der Waals surface area contributed by atoms with Crippen molar-refractivity contribution in [1.29, 1.82) is 0 Å². The van der Waals surface area contributed by atoms with Gasteiger partial charge in [0.25, 0.3) is 6.43 Å². The fraction of sp³-hybridized carbons (Fsp3) is 0.857. The van der Waals surface area contributed by atoms with Crippen LogP contribution in [0.15, 0.2) is 0 Å². The smallest absolute Gasteiger partial charge is 0.265 e. The molecule has 0 aromatic heterocycles. The highest BCUT2D eigenvalue weighted by Gasteiger charge is 2.16. The zero-order chi connectivity index (χ0) is 10.3. The minimum Gasteiger partial charge on any atom is -0.385 e. The molecule has 0 radical (unpaired) electrons. The zero-order valence-electron chi connectivity index (χ0n) is 7.30. The Kier molecular flexibility index (Phi) is 6.34. The third-order valence-corrected chi connectivity index (χ3v) is 1.33. The molecule has 0 saturated carbocycles. The molecule has 0 rings (SSSR count). The second kappa shape index (κ2) is 6.73. The van der Waals surface area contributed by atoms with Crippen LogP contribution in [0, 0.1) is 0 Å². The molecule has 0 aromatic carbocycles. The van der Waals surface area contributed by atoms with Gasteiger partial charge in [-0.3, -0.25) is 4.79 Å². The van der Waals surface area contributed by atoms with Gasteiger partial charge >= 0.3 is 0 Å². The number of ether oxygens (including phenoxy) is 1. The fourth-order valence-electron chi connectivity index (χ4n) is 0.591. The van der Waals surface area contributed by atoms with E-state index < -0.39 is 25.0 Å². The van der Waals surface area contributed by atoms with Crippen LogP contribution in [0.1, 0.15) is 6.42 Å². The van der Waals surface area contributed by atoms with Crippen LogP contribution >= 0.6 is 0 Å². The monoisotopic (exact) mass is 197 g/mol. The van der Waals surface area contributed by atoms with E-state index in [4.69, 9.17) is 5.11 Å². The molecular formula is C7H13F2NO3. The van der Waals surface area contributed by atoms with E-state index in [0.29, 0.717) is 0 Å². The molecule has 0 bridgehead atoms. The predicted molar refractivity (Wildman–Crippen MR) is 41.5 cm³/mol. The molecular weight excluding hydrogens is 184 g/mol. The molecule has 0 saturated heterocycles. The maximum atomic E-state index is 11.7. The standard InChI is InChI=1S/C7H13F2NO3/c1-13-3-2-6(12)10-4-5(11)7(8)9/h5,7,11H,2-4H2,1H3,(H,10,12). The highest BCUT2D eigenvalue weighted by molar-refractivity contribution is 5.75. The van der Waals surface area contributed by atoms with Crippen molar-refractivity contribution in [3.8, 4) is 0 Å². The largest absolute Gasteiger partial charge is 0.385 e. The van der Waals surface area contributed by atoms with Gasteiger partial charge in [-0.25, -0.2) is 8.78 Å². The van der Waals surface area contributed by atoms with Crippen molar-refractivity contribution in [2.45, 2.75) is 19.0 Å². The summed E-state index contributed by atoms with van der Waals surface area (Å²) in [7, 11) is 1.43. The highest BCUT2D eigenvalue weighted by Crippen LogP contribution is 1.98. The van der Waals surface area contributed by atoms with Crippen LogP contribution in [0.5, 0.6) is 0 Å². The van der Waals surface area contributed by atoms with Gasteiger partial charge < -0.3 is 15.2 Å². The zero-order valence-corrected chi connectivity index (χ0v) is 7.30. The minimum absolute atomic E-state index is 0.104.